The molecule has 0 aliphatic carbocycles. The number of benzene rings is 1. The molecule has 0 aliphatic rings. The molecule has 20 heavy (non-hydrogen) atoms. The van der Waals surface area contributed by atoms with Gasteiger partial charge in [-0.25, -0.2) is 4.68 Å². The molecule has 0 aliphatic heterocycles. The fraction of sp³-hybridized carbons (Fsp3) is 0.357. The molecule has 1 heterocycles. The van der Waals surface area contributed by atoms with Crippen LogP contribution in [0.1, 0.15) is 26.3 Å². The van der Waals surface area contributed by atoms with E-state index in [9.17, 15) is 8.42 Å². The topological polar surface area (TPSA) is 61.2 Å². The molecule has 0 N–H and O–H groups in total. The summed E-state index contributed by atoms with van der Waals surface area (Å²) in [5.41, 5.74) is 0.630. The van der Waals surface area contributed by atoms with Crippen molar-refractivity contribution in [2.24, 2.45) is 0 Å². The van der Waals surface area contributed by atoms with Gasteiger partial charge in [-0.05, 0) is 39.8 Å². The lowest BCUT2D eigenvalue weighted by atomic mass is 10.1. The Morgan fingerprint density at radius 2 is 1.70 bits per heavy atom. The molecule has 0 unspecified atom stereocenters. The zero-order valence-corrected chi connectivity index (χ0v) is 12.8. The minimum absolute atomic E-state index is 0.129. The number of aromatic nitrogens is 2. The smallest absolute Gasteiger partial charge is 0.340 e. The van der Waals surface area contributed by atoms with Gasteiger partial charge in [0.25, 0.3) is 0 Å². The van der Waals surface area contributed by atoms with E-state index < -0.39 is 10.1 Å². The summed E-state index contributed by atoms with van der Waals surface area (Å²) in [6.45, 7) is 7.66. The lowest BCUT2D eigenvalue weighted by Crippen LogP contribution is -2.25. The van der Waals surface area contributed by atoms with Crippen molar-refractivity contribution in [3.05, 3.63) is 42.1 Å². The van der Waals surface area contributed by atoms with Crippen LogP contribution in [-0.4, -0.2) is 18.2 Å². The summed E-state index contributed by atoms with van der Waals surface area (Å²) >= 11 is 0. The van der Waals surface area contributed by atoms with Gasteiger partial charge in [0.15, 0.2) is 0 Å². The molecule has 0 bridgehead atoms. The van der Waals surface area contributed by atoms with Crippen LogP contribution in [0.3, 0.4) is 0 Å². The molecule has 0 fully saturated rings. The van der Waals surface area contributed by atoms with E-state index in [1.165, 1.54) is 24.4 Å². The Labute approximate surface area is 119 Å². The minimum atomic E-state index is -3.84. The maximum Gasteiger partial charge on any atom is 0.340 e. The van der Waals surface area contributed by atoms with Gasteiger partial charge in [-0.15, -0.1) is 0 Å². The van der Waals surface area contributed by atoms with E-state index in [4.69, 9.17) is 4.18 Å². The van der Waals surface area contributed by atoms with Gasteiger partial charge in [-0.1, -0.05) is 17.7 Å². The van der Waals surface area contributed by atoms with Crippen molar-refractivity contribution in [3.8, 4) is 5.88 Å². The Bertz CT molecular complexity index is 695. The molecule has 108 valence electrons. The molecule has 0 saturated carbocycles. The Morgan fingerprint density at radius 1 is 1.10 bits per heavy atom. The molecule has 0 amide bonds. The Hall–Kier alpha value is -1.82. The van der Waals surface area contributed by atoms with Crippen LogP contribution in [-0.2, 0) is 15.7 Å². The van der Waals surface area contributed by atoms with E-state index in [2.05, 4.69) is 5.10 Å². The van der Waals surface area contributed by atoms with Crippen LogP contribution >= 0.6 is 0 Å². The normalized spacial score (nSPS) is 12.4. The summed E-state index contributed by atoms with van der Waals surface area (Å²) in [5, 5.41) is 4.11. The molecule has 0 saturated heterocycles. The first-order chi connectivity index (χ1) is 9.20. The van der Waals surface area contributed by atoms with Crippen molar-refractivity contribution in [1.82, 2.24) is 9.78 Å². The van der Waals surface area contributed by atoms with Gasteiger partial charge in [0, 0.05) is 6.07 Å². The predicted molar refractivity (Wildman–Crippen MR) is 76.2 cm³/mol. The van der Waals surface area contributed by atoms with Crippen LogP contribution < -0.4 is 4.18 Å². The van der Waals surface area contributed by atoms with Gasteiger partial charge in [-0.2, -0.15) is 13.5 Å². The maximum absolute atomic E-state index is 12.2. The van der Waals surface area contributed by atoms with Gasteiger partial charge in [0.1, 0.15) is 4.90 Å². The first kappa shape index (κ1) is 14.6. The third kappa shape index (κ3) is 3.01. The molecule has 5 nitrogen and oxygen atoms in total. The zero-order valence-electron chi connectivity index (χ0n) is 12.0. The van der Waals surface area contributed by atoms with E-state index in [-0.39, 0.29) is 16.3 Å². The first-order valence-corrected chi connectivity index (χ1v) is 7.67. The molecule has 0 atom stereocenters. The summed E-state index contributed by atoms with van der Waals surface area (Å²) in [4.78, 5) is 0.129. The van der Waals surface area contributed by atoms with E-state index in [1.807, 2.05) is 27.7 Å². The lowest BCUT2D eigenvalue weighted by Gasteiger charge is -2.21. The molecule has 6 heteroatoms. The number of aryl methyl sites for hydroxylation is 1. The maximum atomic E-state index is 12.2. The highest BCUT2D eigenvalue weighted by Crippen LogP contribution is 2.24. The Kier molecular flexibility index (Phi) is 3.60. The number of rotatable bonds is 3. The van der Waals surface area contributed by atoms with Crippen LogP contribution in [0.15, 0.2) is 41.4 Å². The van der Waals surface area contributed by atoms with Crippen molar-refractivity contribution in [3.63, 3.8) is 0 Å². The molecular formula is C14H18N2O3S. The molecular weight excluding hydrogens is 276 g/mol. The van der Waals surface area contributed by atoms with E-state index in [0.717, 1.165) is 5.56 Å². The second-order valence-corrected chi connectivity index (χ2v) is 7.15. The summed E-state index contributed by atoms with van der Waals surface area (Å²) in [6.07, 6.45) is 1.52. The van der Waals surface area contributed by atoms with Crippen LogP contribution in [0.4, 0.5) is 0 Å². The van der Waals surface area contributed by atoms with Gasteiger partial charge in [0.2, 0.25) is 5.88 Å². The largest absolute Gasteiger partial charge is 0.358 e. The SMILES string of the molecule is Cc1ccc(S(=O)(=O)Oc2ccnn2C(C)(C)C)cc1. The average molecular weight is 294 g/mol. The lowest BCUT2D eigenvalue weighted by molar-refractivity contribution is 0.318. The molecule has 1 aromatic carbocycles. The summed E-state index contributed by atoms with van der Waals surface area (Å²) in [5.74, 6) is 0.207. The highest BCUT2D eigenvalue weighted by atomic mass is 32.2. The fourth-order valence-electron chi connectivity index (χ4n) is 1.72. The second kappa shape index (κ2) is 4.94. The van der Waals surface area contributed by atoms with Crippen LogP contribution in [0.2, 0.25) is 0 Å². The van der Waals surface area contributed by atoms with Crippen molar-refractivity contribution >= 4 is 10.1 Å². The van der Waals surface area contributed by atoms with Crippen molar-refractivity contribution in [1.29, 1.82) is 0 Å². The van der Waals surface area contributed by atoms with E-state index >= 15 is 0 Å². The fourth-order valence-corrected chi connectivity index (χ4v) is 2.64. The summed E-state index contributed by atoms with van der Waals surface area (Å²) in [6, 6.07) is 8.07. The molecule has 1 aromatic heterocycles. The number of nitrogens with zero attached hydrogens (tertiary/aromatic N) is 2. The van der Waals surface area contributed by atoms with Crippen molar-refractivity contribution in [2.45, 2.75) is 38.1 Å². The van der Waals surface area contributed by atoms with Crippen LogP contribution in [0.5, 0.6) is 5.88 Å². The van der Waals surface area contributed by atoms with E-state index in [0.29, 0.717) is 0 Å². The Morgan fingerprint density at radius 3 is 2.25 bits per heavy atom. The van der Waals surface area contributed by atoms with E-state index in [1.54, 1.807) is 16.8 Å². The third-order valence-corrected chi connectivity index (χ3v) is 3.99. The quantitative estimate of drug-likeness (QED) is 0.817. The molecule has 0 spiro atoms. The molecule has 2 rings (SSSR count). The number of hydrogen-bond donors (Lipinski definition) is 0. The predicted octanol–water partition coefficient (Wildman–Crippen LogP) is 2.71. The molecule has 2 aromatic rings. The highest BCUT2D eigenvalue weighted by Gasteiger charge is 2.23. The standard InChI is InChI=1S/C14H18N2O3S/c1-11-5-7-12(8-6-11)20(17,18)19-13-9-10-15-16(13)14(2,3)4/h5-10H,1-4H3. The van der Waals surface area contributed by atoms with Crippen molar-refractivity contribution < 1.29 is 12.6 Å². The van der Waals surface area contributed by atoms with Gasteiger partial charge in [-0.3, -0.25) is 0 Å². The first-order valence-electron chi connectivity index (χ1n) is 6.26. The zero-order chi connectivity index (χ0) is 15.0. The summed E-state index contributed by atoms with van der Waals surface area (Å²) in [7, 11) is -3.84. The van der Waals surface area contributed by atoms with Crippen molar-refractivity contribution in [2.75, 3.05) is 0 Å². The monoisotopic (exact) mass is 294 g/mol. The molecule has 0 radical (unpaired) electrons. The third-order valence-electron chi connectivity index (χ3n) is 2.75. The Balaban J connectivity index is 2.34. The van der Waals surface area contributed by atoms with Gasteiger partial charge < -0.3 is 4.18 Å². The summed E-state index contributed by atoms with van der Waals surface area (Å²) < 4.78 is 31.2. The average Bonchev–Trinajstić information content (AvgIpc) is 2.76. The highest BCUT2D eigenvalue weighted by molar-refractivity contribution is 7.87. The number of hydrogen-bond acceptors (Lipinski definition) is 4. The van der Waals surface area contributed by atoms with Gasteiger partial charge >= 0.3 is 10.1 Å². The van der Waals surface area contributed by atoms with Crippen LogP contribution in [0, 0.1) is 6.92 Å². The second-order valence-electron chi connectivity index (χ2n) is 5.60. The van der Waals surface area contributed by atoms with Crippen LogP contribution in [0.25, 0.3) is 0 Å². The van der Waals surface area contributed by atoms with Gasteiger partial charge in [0.05, 0.1) is 11.7 Å². The minimum Gasteiger partial charge on any atom is -0.358 e.